The fourth-order valence-electron chi connectivity index (χ4n) is 2.12. The topological polar surface area (TPSA) is 38.7 Å². The van der Waals surface area contributed by atoms with E-state index in [0.29, 0.717) is 35.1 Å². The van der Waals surface area contributed by atoms with Crippen LogP contribution in [0.4, 0.5) is 0 Å². The van der Waals surface area contributed by atoms with Crippen molar-refractivity contribution in [1.29, 1.82) is 0 Å². The number of para-hydroxylation sites is 1. The summed E-state index contributed by atoms with van der Waals surface area (Å²) in [6.45, 7) is 2.84. The Kier molecular flexibility index (Phi) is 5.62. The Bertz CT molecular complexity index is 598. The number of halogens is 1. The van der Waals surface area contributed by atoms with Gasteiger partial charge >= 0.3 is 0 Å². The largest absolute Gasteiger partial charge is 0.491 e. The van der Waals surface area contributed by atoms with Crippen LogP contribution in [-0.4, -0.2) is 25.4 Å². The van der Waals surface area contributed by atoms with Crippen molar-refractivity contribution in [1.82, 2.24) is 0 Å². The van der Waals surface area contributed by atoms with Gasteiger partial charge in [0, 0.05) is 23.3 Å². The van der Waals surface area contributed by atoms with Crippen molar-refractivity contribution in [2.24, 2.45) is 0 Å². The fourth-order valence-corrected chi connectivity index (χ4v) is 2.35. The number of aryl methyl sites for hydroxylation is 1. The van der Waals surface area contributed by atoms with Crippen LogP contribution >= 0.6 is 11.6 Å². The standard InChI is InChI=1S/C17H19ClO3/c1-12-6-5-8-14(16(12)18)17(19)13-7-3-4-9-15(13)21-11-10-20-2/h3-9,17,19H,10-11H2,1-2H3. The number of methoxy groups -OCH3 is 1. The molecule has 4 heteroatoms. The van der Waals surface area contributed by atoms with Gasteiger partial charge in [-0.15, -0.1) is 0 Å². The average molecular weight is 307 g/mol. The molecule has 2 aromatic rings. The summed E-state index contributed by atoms with van der Waals surface area (Å²) in [5.41, 5.74) is 2.31. The van der Waals surface area contributed by atoms with Gasteiger partial charge in [0.1, 0.15) is 18.5 Å². The number of hydrogen-bond donors (Lipinski definition) is 1. The SMILES string of the molecule is COCCOc1ccccc1C(O)c1cccc(C)c1Cl. The highest BCUT2D eigenvalue weighted by molar-refractivity contribution is 6.32. The molecule has 0 aliphatic heterocycles. The molecule has 0 spiro atoms. The van der Waals surface area contributed by atoms with Crippen molar-refractivity contribution in [3.8, 4) is 5.75 Å². The summed E-state index contributed by atoms with van der Waals surface area (Å²) in [5.74, 6) is 0.639. The summed E-state index contributed by atoms with van der Waals surface area (Å²) in [4.78, 5) is 0. The highest BCUT2D eigenvalue weighted by Gasteiger charge is 2.18. The van der Waals surface area contributed by atoms with Gasteiger partial charge < -0.3 is 14.6 Å². The second kappa shape index (κ2) is 7.46. The average Bonchev–Trinajstić information content (AvgIpc) is 2.50. The summed E-state index contributed by atoms with van der Waals surface area (Å²) in [6.07, 6.45) is -0.823. The number of ether oxygens (including phenoxy) is 2. The Morgan fingerprint density at radius 3 is 2.52 bits per heavy atom. The molecule has 0 aliphatic rings. The second-order valence-electron chi connectivity index (χ2n) is 4.76. The van der Waals surface area contributed by atoms with Crippen LogP contribution in [0.2, 0.25) is 5.02 Å². The molecular formula is C17H19ClO3. The summed E-state index contributed by atoms with van der Waals surface area (Å²) in [6, 6.07) is 13.0. The van der Waals surface area contributed by atoms with Gasteiger partial charge in [0.2, 0.25) is 0 Å². The molecule has 0 saturated carbocycles. The molecule has 112 valence electrons. The molecule has 1 atom stereocenters. The van der Waals surface area contributed by atoms with Crippen LogP contribution in [0.1, 0.15) is 22.8 Å². The van der Waals surface area contributed by atoms with Crippen LogP contribution < -0.4 is 4.74 Å². The summed E-state index contributed by atoms with van der Waals surface area (Å²) in [7, 11) is 1.62. The number of benzene rings is 2. The Morgan fingerprint density at radius 1 is 1.05 bits per heavy atom. The summed E-state index contributed by atoms with van der Waals surface area (Å²) in [5, 5.41) is 11.2. The third-order valence-corrected chi connectivity index (χ3v) is 3.79. The van der Waals surface area contributed by atoms with Gasteiger partial charge in [0.05, 0.1) is 6.61 Å². The minimum atomic E-state index is -0.823. The van der Waals surface area contributed by atoms with E-state index >= 15 is 0 Å². The molecule has 21 heavy (non-hydrogen) atoms. The van der Waals surface area contributed by atoms with Crippen molar-refractivity contribution < 1.29 is 14.6 Å². The monoisotopic (exact) mass is 306 g/mol. The number of aliphatic hydroxyl groups excluding tert-OH is 1. The van der Waals surface area contributed by atoms with Gasteiger partial charge in [-0.1, -0.05) is 48.0 Å². The molecule has 1 N–H and O–H groups in total. The van der Waals surface area contributed by atoms with E-state index in [4.69, 9.17) is 21.1 Å². The third kappa shape index (κ3) is 3.76. The first kappa shape index (κ1) is 15.8. The summed E-state index contributed by atoms with van der Waals surface area (Å²) >= 11 is 6.30. The maximum absolute atomic E-state index is 10.6. The van der Waals surface area contributed by atoms with Crippen molar-refractivity contribution in [3.05, 3.63) is 64.2 Å². The van der Waals surface area contributed by atoms with Crippen LogP contribution in [0.15, 0.2) is 42.5 Å². The molecule has 0 bridgehead atoms. The molecule has 2 rings (SSSR count). The highest BCUT2D eigenvalue weighted by Crippen LogP contribution is 2.34. The molecule has 3 nitrogen and oxygen atoms in total. The van der Waals surface area contributed by atoms with E-state index in [1.54, 1.807) is 7.11 Å². The van der Waals surface area contributed by atoms with Crippen LogP contribution in [0, 0.1) is 6.92 Å². The van der Waals surface area contributed by atoms with E-state index in [-0.39, 0.29) is 0 Å². The number of rotatable bonds is 6. The molecule has 0 aromatic heterocycles. The molecule has 0 radical (unpaired) electrons. The van der Waals surface area contributed by atoms with Gasteiger partial charge in [-0.2, -0.15) is 0 Å². The van der Waals surface area contributed by atoms with E-state index in [9.17, 15) is 5.11 Å². The Balaban J connectivity index is 2.30. The first-order valence-corrected chi connectivity index (χ1v) is 7.16. The van der Waals surface area contributed by atoms with Gasteiger partial charge in [-0.3, -0.25) is 0 Å². The maximum atomic E-state index is 10.6. The van der Waals surface area contributed by atoms with Crippen molar-refractivity contribution >= 4 is 11.6 Å². The Morgan fingerprint density at radius 2 is 1.76 bits per heavy atom. The summed E-state index contributed by atoms with van der Waals surface area (Å²) < 4.78 is 10.6. The smallest absolute Gasteiger partial charge is 0.125 e. The first-order chi connectivity index (χ1) is 10.1. The third-order valence-electron chi connectivity index (χ3n) is 3.27. The zero-order chi connectivity index (χ0) is 15.2. The normalized spacial score (nSPS) is 12.2. The lowest BCUT2D eigenvalue weighted by molar-refractivity contribution is 0.142. The van der Waals surface area contributed by atoms with Crippen molar-refractivity contribution in [3.63, 3.8) is 0 Å². The Hall–Kier alpha value is -1.55. The zero-order valence-electron chi connectivity index (χ0n) is 12.2. The predicted molar refractivity (Wildman–Crippen MR) is 84.1 cm³/mol. The van der Waals surface area contributed by atoms with Gasteiger partial charge in [-0.25, -0.2) is 0 Å². The van der Waals surface area contributed by atoms with E-state index < -0.39 is 6.10 Å². The molecular weight excluding hydrogens is 288 g/mol. The lowest BCUT2D eigenvalue weighted by Crippen LogP contribution is -2.08. The molecule has 0 saturated heterocycles. The van der Waals surface area contributed by atoms with Crippen LogP contribution in [0.5, 0.6) is 5.75 Å². The quantitative estimate of drug-likeness (QED) is 0.826. The first-order valence-electron chi connectivity index (χ1n) is 6.79. The van der Waals surface area contributed by atoms with Crippen molar-refractivity contribution in [2.45, 2.75) is 13.0 Å². The minimum absolute atomic E-state index is 0.432. The van der Waals surface area contributed by atoms with Crippen LogP contribution in [-0.2, 0) is 4.74 Å². The second-order valence-corrected chi connectivity index (χ2v) is 5.14. The Labute approximate surface area is 130 Å². The van der Waals surface area contributed by atoms with Gasteiger partial charge in [-0.05, 0) is 18.6 Å². The van der Waals surface area contributed by atoms with Crippen LogP contribution in [0.25, 0.3) is 0 Å². The van der Waals surface area contributed by atoms with E-state index in [1.807, 2.05) is 49.4 Å². The van der Waals surface area contributed by atoms with Gasteiger partial charge in [0.15, 0.2) is 0 Å². The molecule has 1 unspecified atom stereocenters. The zero-order valence-corrected chi connectivity index (χ0v) is 12.9. The lowest BCUT2D eigenvalue weighted by Gasteiger charge is -2.18. The molecule has 0 aliphatic carbocycles. The minimum Gasteiger partial charge on any atom is -0.491 e. The fraction of sp³-hybridized carbons (Fsp3) is 0.294. The van der Waals surface area contributed by atoms with E-state index in [1.165, 1.54) is 0 Å². The van der Waals surface area contributed by atoms with E-state index in [2.05, 4.69) is 0 Å². The molecule has 0 fully saturated rings. The van der Waals surface area contributed by atoms with Crippen molar-refractivity contribution in [2.75, 3.05) is 20.3 Å². The molecule has 0 amide bonds. The van der Waals surface area contributed by atoms with Crippen LogP contribution in [0.3, 0.4) is 0 Å². The number of hydrogen-bond acceptors (Lipinski definition) is 3. The molecule has 2 aromatic carbocycles. The lowest BCUT2D eigenvalue weighted by atomic mass is 9.99. The highest BCUT2D eigenvalue weighted by atomic mass is 35.5. The predicted octanol–water partition coefficient (Wildman–Crippen LogP) is 3.76. The van der Waals surface area contributed by atoms with E-state index in [0.717, 1.165) is 5.56 Å². The van der Waals surface area contributed by atoms with Gasteiger partial charge in [0.25, 0.3) is 0 Å². The number of aliphatic hydroxyl groups is 1. The maximum Gasteiger partial charge on any atom is 0.125 e. The molecule has 0 heterocycles.